The van der Waals surface area contributed by atoms with Crippen molar-refractivity contribution in [3.05, 3.63) is 47.5 Å². The molecule has 1 atom stereocenters. The smallest absolute Gasteiger partial charge is 0.477 e. The standard InChI is InChI=1S/C23H28F3N3O3/c1-4-15-7-9-18(16(12-15)6-5-11-29(2)3)28-22(30)21-14-27-19-13-17(32-23(24,25)26)8-10-20(19)31-21/h7-10,12-13,21,27H,4-6,11,14H2,1-3H3,(H,28,30). The molecule has 0 bridgehead atoms. The number of ether oxygens (including phenoxy) is 2. The van der Waals surface area contributed by atoms with Crippen LogP contribution in [-0.2, 0) is 17.6 Å². The summed E-state index contributed by atoms with van der Waals surface area (Å²) >= 11 is 0. The topological polar surface area (TPSA) is 62.8 Å². The number of alkyl halides is 3. The van der Waals surface area contributed by atoms with Crippen LogP contribution in [0.15, 0.2) is 36.4 Å². The summed E-state index contributed by atoms with van der Waals surface area (Å²) in [7, 11) is 4.04. The number of benzene rings is 2. The SMILES string of the molecule is CCc1ccc(NC(=O)C2CNc3cc(OC(F)(F)F)ccc3O2)c(CCCN(C)C)c1. The van der Waals surface area contributed by atoms with E-state index in [0.717, 1.165) is 43.1 Å². The first-order chi connectivity index (χ1) is 15.1. The van der Waals surface area contributed by atoms with Crippen molar-refractivity contribution in [2.45, 2.75) is 38.7 Å². The molecule has 0 fully saturated rings. The fourth-order valence-electron chi connectivity index (χ4n) is 3.49. The van der Waals surface area contributed by atoms with E-state index in [1.165, 1.54) is 17.7 Å². The van der Waals surface area contributed by atoms with Crippen molar-refractivity contribution in [1.82, 2.24) is 4.90 Å². The number of fused-ring (bicyclic) bond motifs is 1. The van der Waals surface area contributed by atoms with Gasteiger partial charge in [-0.15, -0.1) is 13.2 Å². The zero-order chi connectivity index (χ0) is 23.3. The average molecular weight is 451 g/mol. The fraction of sp³-hybridized carbons (Fsp3) is 0.435. The van der Waals surface area contributed by atoms with Gasteiger partial charge >= 0.3 is 6.36 Å². The number of anilines is 2. The highest BCUT2D eigenvalue weighted by atomic mass is 19.4. The molecule has 0 aliphatic carbocycles. The summed E-state index contributed by atoms with van der Waals surface area (Å²) in [5, 5.41) is 5.90. The lowest BCUT2D eigenvalue weighted by atomic mass is 10.0. The number of amides is 1. The monoisotopic (exact) mass is 451 g/mol. The van der Waals surface area contributed by atoms with Gasteiger partial charge < -0.3 is 25.0 Å². The van der Waals surface area contributed by atoms with Gasteiger partial charge in [-0.2, -0.15) is 0 Å². The zero-order valence-electron chi connectivity index (χ0n) is 18.4. The first-order valence-corrected chi connectivity index (χ1v) is 10.5. The van der Waals surface area contributed by atoms with Crippen LogP contribution in [-0.4, -0.2) is 50.5 Å². The maximum atomic E-state index is 12.9. The maximum Gasteiger partial charge on any atom is 0.573 e. The third-order valence-electron chi connectivity index (χ3n) is 5.11. The normalized spacial score (nSPS) is 15.5. The third kappa shape index (κ3) is 6.53. The van der Waals surface area contributed by atoms with Crippen molar-refractivity contribution in [3.8, 4) is 11.5 Å². The van der Waals surface area contributed by atoms with Gasteiger partial charge in [0.25, 0.3) is 5.91 Å². The molecule has 9 heteroatoms. The minimum atomic E-state index is -4.77. The maximum absolute atomic E-state index is 12.9. The minimum Gasteiger partial charge on any atom is -0.477 e. The molecular weight excluding hydrogens is 423 g/mol. The summed E-state index contributed by atoms with van der Waals surface area (Å²) in [5.41, 5.74) is 3.35. The third-order valence-corrected chi connectivity index (χ3v) is 5.11. The summed E-state index contributed by atoms with van der Waals surface area (Å²) in [6.07, 6.45) is -2.90. The van der Waals surface area contributed by atoms with E-state index < -0.39 is 12.5 Å². The number of aryl methyl sites for hydroxylation is 2. The number of halogens is 3. The van der Waals surface area contributed by atoms with Gasteiger partial charge in [0.2, 0.25) is 0 Å². The molecule has 1 heterocycles. The van der Waals surface area contributed by atoms with Crippen LogP contribution in [0.4, 0.5) is 24.5 Å². The quantitative estimate of drug-likeness (QED) is 0.621. The van der Waals surface area contributed by atoms with Crippen molar-refractivity contribution in [2.24, 2.45) is 0 Å². The second kappa shape index (κ2) is 10.1. The van der Waals surface area contributed by atoms with Crippen molar-refractivity contribution in [2.75, 3.05) is 37.8 Å². The lowest BCUT2D eigenvalue weighted by molar-refractivity contribution is -0.274. The Morgan fingerprint density at radius 1 is 1.25 bits per heavy atom. The molecule has 2 aromatic carbocycles. The van der Waals surface area contributed by atoms with Gasteiger partial charge in [-0.25, -0.2) is 0 Å². The molecule has 0 saturated carbocycles. The number of nitrogens with one attached hydrogen (secondary N) is 2. The highest BCUT2D eigenvalue weighted by Gasteiger charge is 2.32. The minimum absolute atomic E-state index is 0.122. The second-order valence-electron chi connectivity index (χ2n) is 7.93. The van der Waals surface area contributed by atoms with Gasteiger partial charge in [-0.3, -0.25) is 4.79 Å². The first kappa shape index (κ1) is 23.7. The van der Waals surface area contributed by atoms with Crippen molar-refractivity contribution in [1.29, 1.82) is 0 Å². The number of hydrogen-bond acceptors (Lipinski definition) is 5. The summed E-state index contributed by atoms with van der Waals surface area (Å²) in [6, 6.07) is 9.72. The number of rotatable bonds is 8. The summed E-state index contributed by atoms with van der Waals surface area (Å²) < 4.78 is 46.9. The van der Waals surface area contributed by atoms with Crippen LogP contribution in [0, 0.1) is 0 Å². The Kier molecular flexibility index (Phi) is 7.50. The molecular formula is C23H28F3N3O3. The van der Waals surface area contributed by atoms with E-state index in [-0.39, 0.29) is 18.2 Å². The molecule has 0 aromatic heterocycles. The Hall–Kier alpha value is -2.94. The van der Waals surface area contributed by atoms with Crippen LogP contribution in [0.25, 0.3) is 0 Å². The highest BCUT2D eigenvalue weighted by Crippen LogP contribution is 2.35. The molecule has 2 N–H and O–H groups in total. The molecule has 1 aliphatic heterocycles. The average Bonchev–Trinajstić information content (AvgIpc) is 2.73. The van der Waals surface area contributed by atoms with Crippen molar-refractivity contribution in [3.63, 3.8) is 0 Å². The van der Waals surface area contributed by atoms with Gasteiger partial charge in [0, 0.05) is 11.8 Å². The van der Waals surface area contributed by atoms with Crippen molar-refractivity contribution >= 4 is 17.3 Å². The van der Waals surface area contributed by atoms with E-state index in [1.54, 1.807) is 0 Å². The molecule has 0 spiro atoms. The predicted molar refractivity (Wildman–Crippen MR) is 117 cm³/mol. The Bertz CT molecular complexity index is 948. The first-order valence-electron chi connectivity index (χ1n) is 10.5. The number of hydrogen-bond donors (Lipinski definition) is 2. The molecule has 6 nitrogen and oxygen atoms in total. The molecule has 1 amide bonds. The van der Waals surface area contributed by atoms with E-state index in [2.05, 4.69) is 33.3 Å². The van der Waals surface area contributed by atoms with E-state index >= 15 is 0 Å². The van der Waals surface area contributed by atoms with Gasteiger partial charge in [0.1, 0.15) is 11.5 Å². The summed E-state index contributed by atoms with van der Waals surface area (Å²) in [4.78, 5) is 15.0. The van der Waals surface area contributed by atoms with Gasteiger partial charge in [0.05, 0.1) is 12.2 Å². The lowest BCUT2D eigenvalue weighted by Crippen LogP contribution is -2.41. The van der Waals surface area contributed by atoms with Gasteiger partial charge in [-0.1, -0.05) is 19.1 Å². The zero-order valence-corrected chi connectivity index (χ0v) is 18.4. The largest absolute Gasteiger partial charge is 0.573 e. The van der Waals surface area contributed by atoms with Crippen LogP contribution in [0.2, 0.25) is 0 Å². The van der Waals surface area contributed by atoms with Gasteiger partial charge in [-0.05, 0) is 69.2 Å². The van der Waals surface area contributed by atoms with Crippen molar-refractivity contribution < 1.29 is 27.4 Å². The van der Waals surface area contributed by atoms with Crippen LogP contribution in [0.3, 0.4) is 0 Å². The molecule has 0 radical (unpaired) electrons. The Morgan fingerprint density at radius 3 is 2.72 bits per heavy atom. The van der Waals surface area contributed by atoms with Crippen LogP contribution in [0.1, 0.15) is 24.5 Å². The molecule has 0 saturated heterocycles. The molecule has 2 aromatic rings. The number of carbonyl (C=O) groups is 1. The van der Waals surface area contributed by atoms with Crippen LogP contribution < -0.4 is 20.1 Å². The summed E-state index contributed by atoms with van der Waals surface area (Å²) in [6.45, 7) is 3.15. The lowest BCUT2D eigenvalue weighted by Gasteiger charge is -2.27. The van der Waals surface area contributed by atoms with Crippen LogP contribution in [0.5, 0.6) is 11.5 Å². The number of nitrogens with zero attached hydrogens (tertiary/aromatic N) is 1. The second-order valence-corrected chi connectivity index (χ2v) is 7.93. The van der Waals surface area contributed by atoms with E-state index in [1.807, 2.05) is 26.2 Å². The molecule has 1 unspecified atom stereocenters. The Balaban J connectivity index is 1.68. The van der Waals surface area contributed by atoms with Gasteiger partial charge in [0.15, 0.2) is 6.10 Å². The summed E-state index contributed by atoms with van der Waals surface area (Å²) in [5.74, 6) is -0.385. The van der Waals surface area contributed by atoms with E-state index in [4.69, 9.17) is 4.74 Å². The Labute approximate surface area is 185 Å². The Morgan fingerprint density at radius 2 is 2.03 bits per heavy atom. The van der Waals surface area contributed by atoms with Crippen LogP contribution >= 0.6 is 0 Å². The highest BCUT2D eigenvalue weighted by molar-refractivity contribution is 5.96. The van der Waals surface area contributed by atoms with E-state index in [9.17, 15) is 18.0 Å². The molecule has 174 valence electrons. The van der Waals surface area contributed by atoms with E-state index in [0.29, 0.717) is 11.4 Å². The molecule has 3 rings (SSSR count). The number of carbonyl (C=O) groups excluding carboxylic acids is 1. The molecule has 1 aliphatic rings. The predicted octanol–water partition coefficient (Wildman–Crippen LogP) is 4.45. The fourth-order valence-corrected chi connectivity index (χ4v) is 3.49. The molecule has 32 heavy (non-hydrogen) atoms.